The van der Waals surface area contributed by atoms with Gasteiger partial charge in [0.05, 0.1) is 12.2 Å². The number of amides is 1. The van der Waals surface area contributed by atoms with Gasteiger partial charge in [0, 0.05) is 18.2 Å². The van der Waals surface area contributed by atoms with Gasteiger partial charge in [-0.15, -0.1) is 0 Å². The third-order valence-corrected chi connectivity index (χ3v) is 3.69. The fourth-order valence-electron chi connectivity index (χ4n) is 2.39. The van der Waals surface area contributed by atoms with E-state index in [0.717, 1.165) is 0 Å². The Bertz CT molecular complexity index is 966. The molecule has 0 saturated heterocycles. The van der Waals surface area contributed by atoms with Crippen LogP contribution in [0, 0.1) is 6.92 Å². The summed E-state index contributed by atoms with van der Waals surface area (Å²) in [5, 5.41) is 6.50. The summed E-state index contributed by atoms with van der Waals surface area (Å²) in [6.45, 7) is 3.90. The average molecular weight is 381 g/mol. The highest BCUT2D eigenvalue weighted by molar-refractivity contribution is 6.04. The molecule has 1 N–H and O–H groups in total. The highest BCUT2D eigenvalue weighted by Gasteiger charge is 2.10. The minimum Gasteiger partial charge on any atom is -0.485 e. The molecule has 1 amide bonds. The molecule has 1 heterocycles. The van der Waals surface area contributed by atoms with Crippen molar-refractivity contribution in [1.82, 2.24) is 10.1 Å². The van der Waals surface area contributed by atoms with Crippen LogP contribution in [0.3, 0.4) is 0 Å². The number of hydrogen-bond donors (Lipinski definition) is 1. The summed E-state index contributed by atoms with van der Waals surface area (Å²) in [6, 6.07) is 13.2. The molecule has 0 fully saturated rings. The molecule has 0 radical (unpaired) electrons. The smallest absolute Gasteiger partial charge is 0.338 e. The molecule has 0 atom stereocenters. The predicted molar refractivity (Wildman–Crippen MR) is 100 cm³/mol. The summed E-state index contributed by atoms with van der Waals surface area (Å²) in [6.07, 6.45) is 0. The first-order valence-electron chi connectivity index (χ1n) is 8.65. The van der Waals surface area contributed by atoms with Crippen molar-refractivity contribution >= 4 is 17.6 Å². The molecule has 3 aromatic rings. The van der Waals surface area contributed by atoms with Crippen LogP contribution < -0.4 is 10.1 Å². The standard InChI is InChI=1S/C20H19N3O5/c1-3-26-20(25)15-5-4-6-16(11-15)22-19(24)14-7-9-17(10-8-14)27-12-18-21-13(2)28-23-18/h4-11H,3,12H2,1-2H3,(H,22,24). The van der Waals surface area contributed by atoms with Crippen LogP contribution in [0.25, 0.3) is 0 Å². The summed E-state index contributed by atoms with van der Waals surface area (Å²) in [5.41, 5.74) is 1.33. The predicted octanol–water partition coefficient (Wildman–Crippen LogP) is 3.39. The maximum absolute atomic E-state index is 12.4. The summed E-state index contributed by atoms with van der Waals surface area (Å²) in [5.74, 6) is 0.750. The van der Waals surface area contributed by atoms with E-state index in [1.807, 2.05) is 0 Å². The van der Waals surface area contributed by atoms with Crippen molar-refractivity contribution in [2.24, 2.45) is 0 Å². The molecule has 3 rings (SSSR count). The van der Waals surface area contributed by atoms with E-state index in [4.69, 9.17) is 14.0 Å². The number of aromatic nitrogens is 2. The second-order valence-corrected chi connectivity index (χ2v) is 5.80. The number of nitrogens with zero attached hydrogens (tertiary/aromatic N) is 2. The molecule has 0 aliphatic rings. The number of rotatable bonds is 7. The number of carbonyl (C=O) groups excluding carboxylic acids is 2. The average Bonchev–Trinajstić information content (AvgIpc) is 3.12. The zero-order chi connectivity index (χ0) is 19.9. The Morgan fingerprint density at radius 1 is 1.11 bits per heavy atom. The molecule has 144 valence electrons. The zero-order valence-corrected chi connectivity index (χ0v) is 15.5. The number of ether oxygens (including phenoxy) is 2. The quantitative estimate of drug-likeness (QED) is 0.626. The van der Waals surface area contributed by atoms with E-state index < -0.39 is 5.97 Å². The van der Waals surface area contributed by atoms with Gasteiger partial charge in [-0.3, -0.25) is 4.79 Å². The van der Waals surface area contributed by atoms with Crippen molar-refractivity contribution < 1.29 is 23.6 Å². The fraction of sp³-hybridized carbons (Fsp3) is 0.200. The molecular weight excluding hydrogens is 362 g/mol. The van der Waals surface area contributed by atoms with Crippen LogP contribution in [-0.2, 0) is 11.3 Å². The largest absolute Gasteiger partial charge is 0.485 e. The molecule has 0 aliphatic carbocycles. The maximum Gasteiger partial charge on any atom is 0.338 e. The third kappa shape index (κ3) is 4.94. The minimum absolute atomic E-state index is 0.170. The highest BCUT2D eigenvalue weighted by atomic mass is 16.5. The third-order valence-electron chi connectivity index (χ3n) is 3.69. The van der Waals surface area contributed by atoms with Crippen molar-refractivity contribution in [2.45, 2.75) is 20.5 Å². The Morgan fingerprint density at radius 3 is 2.57 bits per heavy atom. The first kappa shape index (κ1) is 19.1. The molecule has 0 unspecified atom stereocenters. The van der Waals surface area contributed by atoms with E-state index in [9.17, 15) is 9.59 Å². The Hall–Kier alpha value is -3.68. The van der Waals surface area contributed by atoms with Crippen LogP contribution in [-0.4, -0.2) is 28.6 Å². The number of nitrogens with one attached hydrogen (secondary N) is 1. The second-order valence-electron chi connectivity index (χ2n) is 5.80. The van der Waals surface area contributed by atoms with Crippen LogP contribution in [0.5, 0.6) is 5.75 Å². The Balaban J connectivity index is 1.60. The SMILES string of the molecule is CCOC(=O)c1cccc(NC(=O)c2ccc(OCc3noc(C)n3)cc2)c1. The van der Waals surface area contributed by atoms with Crippen LogP contribution >= 0.6 is 0 Å². The van der Waals surface area contributed by atoms with Gasteiger partial charge in [0.2, 0.25) is 11.7 Å². The fourth-order valence-corrected chi connectivity index (χ4v) is 2.39. The highest BCUT2D eigenvalue weighted by Crippen LogP contribution is 2.16. The molecule has 0 bridgehead atoms. The van der Waals surface area contributed by atoms with Crippen molar-refractivity contribution in [3.8, 4) is 5.75 Å². The number of aryl methyl sites for hydroxylation is 1. The van der Waals surface area contributed by atoms with Crippen molar-refractivity contribution in [1.29, 1.82) is 0 Å². The lowest BCUT2D eigenvalue weighted by Crippen LogP contribution is -2.12. The minimum atomic E-state index is -0.433. The monoisotopic (exact) mass is 381 g/mol. The summed E-state index contributed by atoms with van der Waals surface area (Å²) in [7, 11) is 0. The second kappa shape index (κ2) is 8.81. The van der Waals surface area contributed by atoms with E-state index in [2.05, 4.69) is 15.5 Å². The summed E-state index contributed by atoms with van der Waals surface area (Å²) in [4.78, 5) is 28.3. The van der Waals surface area contributed by atoms with Crippen LogP contribution in [0.4, 0.5) is 5.69 Å². The van der Waals surface area contributed by atoms with Gasteiger partial charge in [0.1, 0.15) is 5.75 Å². The van der Waals surface area contributed by atoms with Crippen LogP contribution in [0.2, 0.25) is 0 Å². The van der Waals surface area contributed by atoms with Gasteiger partial charge in [-0.05, 0) is 49.4 Å². The lowest BCUT2D eigenvalue weighted by molar-refractivity contribution is 0.0526. The van der Waals surface area contributed by atoms with Crippen molar-refractivity contribution in [3.63, 3.8) is 0 Å². The first-order chi connectivity index (χ1) is 13.5. The maximum atomic E-state index is 12.4. The van der Waals surface area contributed by atoms with Gasteiger partial charge in [-0.1, -0.05) is 11.2 Å². The van der Waals surface area contributed by atoms with Gasteiger partial charge in [-0.2, -0.15) is 4.98 Å². The summed E-state index contributed by atoms with van der Waals surface area (Å²) >= 11 is 0. The molecule has 0 aliphatic heterocycles. The topological polar surface area (TPSA) is 104 Å². The Morgan fingerprint density at radius 2 is 1.89 bits per heavy atom. The Labute approximate surface area is 161 Å². The first-order valence-corrected chi connectivity index (χ1v) is 8.65. The molecule has 1 aromatic heterocycles. The molecule has 0 saturated carbocycles. The molecule has 8 nitrogen and oxygen atoms in total. The van der Waals surface area contributed by atoms with E-state index in [1.54, 1.807) is 62.4 Å². The lowest BCUT2D eigenvalue weighted by Gasteiger charge is -2.08. The van der Waals surface area contributed by atoms with E-state index in [-0.39, 0.29) is 19.1 Å². The van der Waals surface area contributed by atoms with Gasteiger partial charge < -0.3 is 19.3 Å². The van der Waals surface area contributed by atoms with Gasteiger partial charge in [-0.25, -0.2) is 4.79 Å². The Kier molecular flexibility index (Phi) is 6.01. The molecule has 0 spiro atoms. The number of esters is 1. The van der Waals surface area contributed by atoms with Crippen LogP contribution in [0.1, 0.15) is 39.4 Å². The van der Waals surface area contributed by atoms with Gasteiger partial charge >= 0.3 is 5.97 Å². The molecule has 8 heteroatoms. The van der Waals surface area contributed by atoms with Gasteiger partial charge in [0.25, 0.3) is 5.91 Å². The molecular formula is C20H19N3O5. The van der Waals surface area contributed by atoms with Gasteiger partial charge in [0.15, 0.2) is 6.61 Å². The molecule has 2 aromatic carbocycles. The van der Waals surface area contributed by atoms with Crippen molar-refractivity contribution in [2.75, 3.05) is 11.9 Å². The molecule has 28 heavy (non-hydrogen) atoms. The van der Waals surface area contributed by atoms with Crippen LogP contribution in [0.15, 0.2) is 53.1 Å². The lowest BCUT2D eigenvalue weighted by atomic mass is 10.1. The zero-order valence-electron chi connectivity index (χ0n) is 15.5. The van der Waals surface area contributed by atoms with Crippen molar-refractivity contribution in [3.05, 3.63) is 71.4 Å². The number of benzene rings is 2. The van der Waals surface area contributed by atoms with E-state index in [0.29, 0.717) is 34.3 Å². The summed E-state index contributed by atoms with van der Waals surface area (Å²) < 4.78 is 15.4. The number of hydrogen-bond acceptors (Lipinski definition) is 7. The normalized spacial score (nSPS) is 10.4. The number of carbonyl (C=O) groups is 2. The van der Waals surface area contributed by atoms with E-state index in [1.165, 1.54) is 0 Å². The van der Waals surface area contributed by atoms with E-state index >= 15 is 0 Å². The number of anilines is 1.